The van der Waals surface area contributed by atoms with Gasteiger partial charge < -0.3 is 9.32 Å². The maximum Gasteiger partial charge on any atom is 0.257 e. The van der Waals surface area contributed by atoms with Crippen molar-refractivity contribution in [3.05, 3.63) is 59.1 Å². The van der Waals surface area contributed by atoms with Crippen LogP contribution in [0.1, 0.15) is 18.5 Å². The molecule has 2 aromatic carbocycles. The van der Waals surface area contributed by atoms with Crippen LogP contribution in [0, 0.1) is 0 Å². The van der Waals surface area contributed by atoms with E-state index >= 15 is 0 Å². The number of thioether (sulfide) groups is 1. The van der Waals surface area contributed by atoms with Crippen molar-refractivity contribution in [1.82, 2.24) is 9.88 Å². The van der Waals surface area contributed by atoms with Crippen molar-refractivity contribution in [1.29, 1.82) is 0 Å². The third-order valence-corrected chi connectivity index (χ3v) is 4.95. The van der Waals surface area contributed by atoms with Gasteiger partial charge in [0, 0.05) is 12.1 Å². The Morgan fingerprint density at radius 3 is 2.79 bits per heavy atom. The topological polar surface area (TPSA) is 46.3 Å². The number of halogens is 1. The maximum absolute atomic E-state index is 12.4. The molecule has 1 aromatic heterocycles. The molecule has 0 radical (unpaired) electrons. The summed E-state index contributed by atoms with van der Waals surface area (Å²) in [4.78, 5) is 18.5. The van der Waals surface area contributed by atoms with Crippen LogP contribution in [0.3, 0.4) is 0 Å². The second kappa shape index (κ2) is 7.28. The number of oxazole rings is 1. The number of amides is 1. The van der Waals surface area contributed by atoms with Crippen LogP contribution in [0.2, 0.25) is 5.02 Å². The highest BCUT2D eigenvalue weighted by Gasteiger charge is 2.18. The maximum atomic E-state index is 12.4. The van der Waals surface area contributed by atoms with Gasteiger partial charge in [-0.1, -0.05) is 53.7 Å². The monoisotopic (exact) mass is 360 g/mol. The summed E-state index contributed by atoms with van der Waals surface area (Å²) in [5.41, 5.74) is 2.47. The largest absolute Gasteiger partial charge is 0.431 e. The average molecular weight is 361 g/mol. The molecule has 6 heteroatoms. The van der Waals surface area contributed by atoms with Gasteiger partial charge in [0.15, 0.2) is 5.58 Å². The lowest BCUT2D eigenvalue weighted by atomic mass is 10.1. The number of fused-ring (bicyclic) bond motifs is 1. The van der Waals surface area contributed by atoms with E-state index in [1.807, 2.05) is 44.3 Å². The van der Waals surface area contributed by atoms with Gasteiger partial charge in [0.25, 0.3) is 5.22 Å². The van der Waals surface area contributed by atoms with Gasteiger partial charge in [-0.05, 0) is 30.7 Å². The van der Waals surface area contributed by atoms with Crippen LogP contribution in [0.15, 0.2) is 58.2 Å². The Balaban J connectivity index is 1.63. The molecule has 3 aromatic rings. The Hall–Kier alpha value is -1.98. The minimum atomic E-state index is 0.0155. The molecule has 0 aliphatic heterocycles. The number of hydrogen-bond donors (Lipinski definition) is 0. The molecule has 124 valence electrons. The zero-order valence-corrected chi connectivity index (χ0v) is 15.0. The molecule has 1 amide bonds. The van der Waals surface area contributed by atoms with Gasteiger partial charge in [-0.2, -0.15) is 0 Å². The summed E-state index contributed by atoms with van der Waals surface area (Å²) < 4.78 is 5.62. The first-order valence-corrected chi connectivity index (χ1v) is 8.90. The Morgan fingerprint density at radius 2 is 2.04 bits per heavy atom. The molecule has 24 heavy (non-hydrogen) atoms. The first-order chi connectivity index (χ1) is 11.5. The van der Waals surface area contributed by atoms with E-state index in [-0.39, 0.29) is 17.7 Å². The van der Waals surface area contributed by atoms with Crippen molar-refractivity contribution in [2.75, 3.05) is 12.8 Å². The van der Waals surface area contributed by atoms with Crippen LogP contribution >= 0.6 is 23.4 Å². The Kier molecular flexibility index (Phi) is 5.11. The molecule has 3 rings (SSSR count). The second-order valence-electron chi connectivity index (χ2n) is 5.47. The van der Waals surface area contributed by atoms with Crippen LogP contribution in [0.25, 0.3) is 11.1 Å². The summed E-state index contributed by atoms with van der Waals surface area (Å²) in [7, 11) is 1.81. The van der Waals surface area contributed by atoms with Crippen LogP contribution in [0.5, 0.6) is 0 Å². The molecular formula is C18H17ClN2O2S. The smallest absolute Gasteiger partial charge is 0.257 e. The molecule has 4 nitrogen and oxygen atoms in total. The van der Waals surface area contributed by atoms with E-state index in [1.165, 1.54) is 11.8 Å². The molecule has 0 saturated heterocycles. The number of carbonyl (C=O) groups excluding carboxylic acids is 1. The van der Waals surface area contributed by atoms with Crippen molar-refractivity contribution in [2.45, 2.75) is 18.2 Å². The predicted octanol–water partition coefficient (Wildman–Crippen LogP) is 4.79. The van der Waals surface area contributed by atoms with E-state index in [9.17, 15) is 4.79 Å². The number of carbonyl (C=O) groups is 1. The summed E-state index contributed by atoms with van der Waals surface area (Å²) in [6.45, 7) is 2.01. The minimum Gasteiger partial charge on any atom is -0.431 e. The summed E-state index contributed by atoms with van der Waals surface area (Å²) in [6.07, 6.45) is 0. The number of hydrogen-bond acceptors (Lipinski definition) is 4. The van der Waals surface area contributed by atoms with Crippen LogP contribution in [-0.2, 0) is 4.79 Å². The van der Waals surface area contributed by atoms with Gasteiger partial charge in [-0.15, -0.1) is 0 Å². The highest BCUT2D eigenvalue weighted by Crippen LogP contribution is 2.26. The first kappa shape index (κ1) is 16.9. The second-order valence-corrected chi connectivity index (χ2v) is 6.83. The zero-order chi connectivity index (χ0) is 17.1. The molecule has 0 fully saturated rings. The van der Waals surface area contributed by atoms with Crippen molar-refractivity contribution in [3.8, 4) is 0 Å². The van der Waals surface area contributed by atoms with Crippen molar-refractivity contribution in [2.24, 2.45) is 0 Å². The summed E-state index contributed by atoms with van der Waals surface area (Å²) >= 11 is 7.23. The Bertz CT molecular complexity index is 851. The predicted molar refractivity (Wildman–Crippen MR) is 97.4 cm³/mol. The first-order valence-electron chi connectivity index (χ1n) is 7.54. The van der Waals surface area contributed by atoms with Crippen molar-refractivity contribution >= 4 is 40.4 Å². The average Bonchev–Trinajstić information content (AvgIpc) is 3.01. The van der Waals surface area contributed by atoms with Crippen LogP contribution < -0.4 is 0 Å². The van der Waals surface area contributed by atoms with Crippen molar-refractivity contribution in [3.63, 3.8) is 0 Å². The molecule has 0 saturated carbocycles. The van der Waals surface area contributed by atoms with Gasteiger partial charge in [0.05, 0.1) is 11.8 Å². The van der Waals surface area contributed by atoms with Gasteiger partial charge in [0.1, 0.15) is 5.52 Å². The van der Waals surface area contributed by atoms with E-state index in [0.717, 1.165) is 5.56 Å². The zero-order valence-electron chi connectivity index (χ0n) is 13.4. The summed E-state index contributed by atoms with van der Waals surface area (Å²) in [6, 6.07) is 15.2. The quantitative estimate of drug-likeness (QED) is 0.613. The van der Waals surface area contributed by atoms with Crippen LogP contribution in [0.4, 0.5) is 0 Å². The lowest BCUT2D eigenvalue weighted by Gasteiger charge is -2.25. The van der Waals surface area contributed by atoms with E-state index in [4.69, 9.17) is 16.0 Å². The fourth-order valence-electron chi connectivity index (χ4n) is 2.34. The molecular weight excluding hydrogens is 344 g/mol. The molecule has 0 aliphatic rings. The molecule has 1 heterocycles. The van der Waals surface area contributed by atoms with Crippen molar-refractivity contribution < 1.29 is 9.21 Å². The SMILES string of the molecule is CC(c1ccccc1)N(C)C(=O)CSc1nc2cc(Cl)ccc2o1. The number of aromatic nitrogens is 1. The third-order valence-electron chi connectivity index (χ3n) is 3.91. The molecule has 0 aliphatic carbocycles. The lowest BCUT2D eigenvalue weighted by Crippen LogP contribution is -2.31. The Morgan fingerprint density at radius 1 is 1.29 bits per heavy atom. The standard InChI is InChI=1S/C18H17ClN2O2S/c1-12(13-6-4-3-5-7-13)21(2)17(22)11-24-18-20-15-10-14(19)8-9-16(15)23-18/h3-10,12H,11H2,1-2H3. The highest BCUT2D eigenvalue weighted by molar-refractivity contribution is 7.99. The number of benzene rings is 2. The number of rotatable bonds is 5. The lowest BCUT2D eigenvalue weighted by molar-refractivity contribution is -0.128. The summed E-state index contributed by atoms with van der Waals surface area (Å²) in [5.74, 6) is 0.297. The summed E-state index contributed by atoms with van der Waals surface area (Å²) in [5, 5.41) is 1.08. The molecule has 0 N–H and O–H groups in total. The molecule has 1 unspecified atom stereocenters. The van der Waals surface area contributed by atoms with Gasteiger partial charge in [-0.3, -0.25) is 4.79 Å². The fraction of sp³-hybridized carbons (Fsp3) is 0.222. The van der Waals surface area contributed by atoms with E-state index < -0.39 is 0 Å². The Labute approximate surface area is 149 Å². The number of nitrogens with zero attached hydrogens (tertiary/aromatic N) is 2. The molecule has 0 spiro atoms. The highest BCUT2D eigenvalue weighted by atomic mass is 35.5. The normalized spacial score (nSPS) is 12.3. The van der Waals surface area contributed by atoms with Gasteiger partial charge in [0.2, 0.25) is 5.91 Å². The molecule has 0 bridgehead atoms. The molecule has 1 atom stereocenters. The van der Waals surface area contributed by atoms with Gasteiger partial charge >= 0.3 is 0 Å². The third kappa shape index (κ3) is 3.74. The van der Waals surface area contributed by atoms with E-state index in [0.29, 0.717) is 21.3 Å². The van der Waals surface area contributed by atoms with Crippen LogP contribution in [-0.4, -0.2) is 28.6 Å². The van der Waals surface area contributed by atoms with Gasteiger partial charge in [-0.25, -0.2) is 4.98 Å². The fourth-order valence-corrected chi connectivity index (χ4v) is 3.27. The van der Waals surface area contributed by atoms with E-state index in [2.05, 4.69) is 4.98 Å². The minimum absolute atomic E-state index is 0.0155. The van der Waals surface area contributed by atoms with E-state index in [1.54, 1.807) is 23.1 Å².